The molecule has 100 valence electrons. The second-order valence-corrected chi connectivity index (χ2v) is 6.88. The number of nitrogens with zero attached hydrogens (tertiary/aromatic N) is 3. The van der Waals surface area contributed by atoms with E-state index in [0.29, 0.717) is 6.04 Å². The van der Waals surface area contributed by atoms with Gasteiger partial charge in [-0.25, -0.2) is 9.97 Å². The fourth-order valence-electron chi connectivity index (χ4n) is 3.44. The number of piperidine rings is 1. The average molecular weight is 274 g/mol. The molecule has 2 atom stereocenters. The molecule has 0 aromatic carbocycles. The fourth-order valence-corrected chi connectivity index (χ4v) is 4.28. The summed E-state index contributed by atoms with van der Waals surface area (Å²) >= 11 is 1.76. The third-order valence-corrected chi connectivity index (χ3v) is 5.29. The van der Waals surface area contributed by atoms with Gasteiger partial charge in [-0.2, -0.15) is 0 Å². The van der Waals surface area contributed by atoms with E-state index in [1.807, 2.05) is 0 Å². The number of thiophene rings is 1. The lowest BCUT2D eigenvalue weighted by Gasteiger charge is -2.24. The van der Waals surface area contributed by atoms with Gasteiger partial charge in [-0.1, -0.05) is 0 Å². The van der Waals surface area contributed by atoms with Gasteiger partial charge >= 0.3 is 0 Å². The minimum atomic E-state index is 0.651. The van der Waals surface area contributed by atoms with Crippen molar-refractivity contribution in [2.24, 2.45) is 5.92 Å². The van der Waals surface area contributed by atoms with Crippen LogP contribution in [0.25, 0.3) is 10.2 Å². The maximum Gasteiger partial charge on any atom is 0.140 e. The van der Waals surface area contributed by atoms with Crippen molar-refractivity contribution in [3.05, 3.63) is 17.3 Å². The summed E-state index contributed by atoms with van der Waals surface area (Å²) in [5, 5.41) is 4.88. The van der Waals surface area contributed by atoms with E-state index in [9.17, 15) is 0 Å². The monoisotopic (exact) mass is 274 g/mol. The molecule has 0 radical (unpaired) electrons. The highest BCUT2D eigenvalue weighted by atomic mass is 32.1. The lowest BCUT2D eigenvalue weighted by molar-refractivity contribution is 0.340. The number of anilines is 1. The van der Waals surface area contributed by atoms with E-state index in [4.69, 9.17) is 0 Å². The van der Waals surface area contributed by atoms with E-state index in [1.165, 1.54) is 29.6 Å². The van der Waals surface area contributed by atoms with E-state index < -0.39 is 0 Å². The Morgan fingerprint density at radius 1 is 1.37 bits per heavy atom. The van der Waals surface area contributed by atoms with E-state index in [-0.39, 0.29) is 0 Å². The van der Waals surface area contributed by atoms with Gasteiger partial charge in [-0.05, 0) is 38.3 Å². The number of aromatic nitrogens is 2. The van der Waals surface area contributed by atoms with Crippen LogP contribution in [0.3, 0.4) is 0 Å². The second-order valence-electron chi connectivity index (χ2n) is 5.64. The highest BCUT2D eigenvalue weighted by molar-refractivity contribution is 7.18. The smallest absolute Gasteiger partial charge is 0.140 e. The predicted octanol–water partition coefficient (Wildman–Crippen LogP) is 2.19. The molecule has 2 aromatic heterocycles. The molecule has 5 heteroatoms. The Kier molecular flexibility index (Phi) is 2.70. The lowest BCUT2D eigenvalue weighted by Crippen LogP contribution is -2.40. The Labute approximate surface area is 116 Å². The van der Waals surface area contributed by atoms with Crippen LogP contribution in [-0.2, 0) is 0 Å². The molecule has 1 N–H and O–H groups in total. The van der Waals surface area contributed by atoms with Crippen molar-refractivity contribution in [1.82, 2.24) is 15.3 Å². The lowest BCUT2D eigenvalue weighted by atomic mass is 9.94. The van der Waals surface area contributed by atoms with Crippen molar-refractivity contribution < 1.29 is 0 Å². The summed E-state index contributed by atoms with van der Waals surface area (Å²) in [7, 11) is 0. The average Bonchev–Trinajstić information content (AvgIpc) is 2.99. The van der Waals surface area contributed by atoms with Crippen molar-refractivity contribution >= 4 is 27.4 Å². The molecule has 4 heterocycles. The number of aryl methyl sites for hydroxylation is 1. The van der Waals surface area contributed by atoms with Crippen LogP contribution in [0.2, 0.25) is 0 Å². The number of nitrogens with one attached hydrogen (secondary N) is 1. The Morgan fingerprint density at radius 2 is 2.32 bits per heavy atom. The molecule has 2 fully saturated rings. The first-order valence-electron chi connectivity index (χ1n) is 7.01. The van der Waals surface area contributed by atoms with Crippen molar-refractivity contribution in [3.8, 4) is 0 Å². The van der Waals surface area contributed by atoms with Crippen LogP contribution in [0.4, 0.5) is 5.82 Å². The second kappa shape index (κ2) is 4.42. The predicted molar refractivity (Wildman–Crippen MR) is 78.9 cm³/mol. The number of hydrogen-bond acceptors (Lipinski definition) is 5. The molecule has 0 amide bonds. The van der Waals surface area contributed by atoms with Gasteiger partial charge in [-0.3, -0.25) is 0 Å². The van der Waals surface area contributed by atoms with Crippen LogP contribution < -0.4 is 10.2 Å². The molecular weight excluding hydrogens is 256 g/mol. The summed E-state index contributed by atoms with van der Waals surface area (Å²) in [6.45, 7) is 5.54. The number of rotatable bonds is 1. The molecule has 0 bridgehead atoms. The van der Waals surface area contributed by atoms with Gasteiger partial charge in [0.2, 0.25) is 0 Å². The first-order chi connectivity index (χ1) is 9.31. The third kappa shape index (κ3) is 1.92. The van der Waals surface area contributed by atoms with E-state index in [0.717, 1.165) is 29.7 Å². The highest BCUT2D eigenvalue weighted by Crippen LogP contribution is 2.34. The fraction of sp³-hybridized carbons (Fsp3) is 0.571. The van der Waals surface area contributed by atoms with Crippen molar-refractivity contribution in [2.45, 2.75) is 25.8 Å². The first kappa shape index (κ1) is 11.6. The SMILES string of the molecule is Cc1cc2c(N3CC4CCCNC4C3)ncnc2s1. The zero-order valence-corrected chi connectivity index (χ0v) is 11.9. The standard InChI is InChI=1S/C14H18N4S/c1-9-5-11-13(16-8-17-14(11)19-9)18-6-10-3-2-4-15-12(10)7-18/h5,8,10,12,15H,2-4,6-7H2,1H3. The van der Waals surface area contributed by atoms with E-state index in [2.05, 4.69) is 33.2 Å². The van der Waals surface area contributed by atoms with Gasteiger partial charge in [0.25, 0.3) is 0 Å². The largest absolute Gasteiger partial charge is 0.354 e. The Hall–Kier alpha value is -1.20. The Morgan fingerprint density at radius 3 is 3.21 bits per heavy atom. The minimum Gasteiger partial charge on any atom is -0.354 e. The molecule has 2 unspecified atom stereocenters. The molecular formula is C14H18N4S. The van der Waals surface area contributed by atoms with E-state index >= 15 is 0 Å². The highest BCUT2D eigenvalue weighted by Gasteiger charge is 2.35. The Bertz CT molecular complexity index is 595. The molecule has 0 spiro atoms. The van der Waals surface area contributed by atoms with Crippen LogP contribution in [0.5, 0.6) is 0 Å². The van der Waals surface area contributed by atoms with Crippen molar-refractivity contribution in [1.29, 1.82) is 0 Å². The van der Waals surface area contributed by atoms with Crippen LogP contribution >= 0.6 is 11.3 Å². The summed E-state index contributed by atoms with van der Waals surface area (Å²) in [6, 6.07) is 2.88. The quantitative estimate of drug-likeness (QED) is 0.865. The minimum absolute atomic E-state index is 0.651. The molecule has 2 saturated heterocycles. The summed E-state index contributed by atoms with van der Waals surface area (Å²) in [4.78, 5) is 13.8. The normalized spacial score (nSPS) is 26.9. The van der Waals surface area contributed by atoms with Gasteiger partial charge in [0.1, 0.15) is 17.0 Å². The number of hydrogen-bond donors (Lipinski definition) is 1. The van der Waals surface area contributed by atoms with Crippen LogP contribution in [0.15, 0.2) is 12.4 Å². The van der Waals surface area contributed by atoms with Crippen LogP contribution in [-0.4, -0.2) is 35.6 Å². The molecule has 2 aromatic rings. The van der Waals surface area contributed by atoms with Gasteiger partial charge < -0.3 is 10.2 Å². The molecule has 2 aliphatic rings. The molecule has 0 saturated carbocycles. The van der Waals surface area contributed by atoms with Gasteiger partial charge in [0.05, 0.1) is 5.39 Å². The molecule has 4 rings (SSSR count). The Balaban J connectivity index is 1.71. The third-order valence-electron chi connectivity index (χ3n) is 4.33. The molecule has 2 aliphatic heterocycles. The topological polar surface area (TPSA) is 41.0 Å². The van der Waals surface area contributed by atoms with Gasteiger partial charge in [0.15, 0.2) is 0 Å². The maximum absolute atomic E-state index is 4.55. The van der Waals surface area contributed by atoms with Crippen LogP contribution in [0, 0.1) is 12.8 Å². The molecule has 4 nitrogen and oxygen atoms in total. The summed E-state index contributed by atoms with van der Waals surface area (Å²) in [5.74, 6) is 1.92. The molecule has 19 heavy (non-hydrogen) atoms. The zero-order chi connectivity index (χ0) is 12.8. The molecule has 0 aliphatic carbocycles. The van der Waals surface area contributed by atoms with Gasteiger partial charge in [-0.15, -0.1) is 11.3 Å². The zero-order valence-electron chi connectivity index (χ0n) is 11.1. The van der Waals surface area contributed by atoms with Crippen molar-refractivity contribution in [3.63, 3.8) is 0 Å². The van der Waals surface area contributed by atoms with Crippen LogP contribution in [0.1, 0.15) is 17.7 Å². The summed E-state index contributed by atoms with van der Waals surface area (Å²) in [6.07, 6.45) is 4.37. The van der Waals surface area contributed by atoms with Gasteiger partial charge in [0, 0.05) is 24.0 Å². The first-order valence-corrected chi connectivity index (χ1v) is 7.82. The van der Waals surface area contributed by atoms with Crippen molar-refractivity contribution in [2.75, 3.05) is 24.5 Å². The summed E-state index contributed by atoms with van der Waals surface area (Å²) < 4.78 is 0. The number of fused-ring (bicyclic) bond motifs is 2. The maximum atomic E-state index is 4.55. The van der Waals surface area contributed by atoms with E-state index in [1.54, 1.807) is 17.7 Å². The summed E-state index contributed by atoms with van der Waals surface area (Å²) in [5.41, 5.74) is 0.